The van der Waals surface area contributed by atoms with E-state index in [1.54, 1.807) is 6.92 Å². The zero-order valence-electron chi connectivity index (χ0n) is 7.84. The Kier molecular flexibility index (Phi) is 3.68. The normalized spacial score (nSPS) is 16.2. The Morgan fingerprint density at radius 1 is 1.46 bits per heavy atom. The Morgan fingerprint density at radius 2 is 2.23 bits per heavy atom. The first kappa shape index (κ1) is 9.96. The predicted molar refractivity (Wildman–Crippen MR) is 48.2 cm³/mol. The zero-order valence-corrected chi connectivity index (χ0v) is 7.84. The van der Waals surface area contributed by atoms with E-state index >= 15 is 0 Å². The second-order valence-electron chi connectivity index (χ2n) is 3.22. The number of ether oxygens (including phenoxy) is 1. The summed E-state index contributed by atoms with van der Waals surface area (Å²) in [5.74, 6) is -0.189. The third-order valence-corrected chi connectivity index (χ3v) is 2.26. The molecule has 1 aliphatic rings. The highest BCUT2D eigenvalue weighted by molar-refractivity contribution is 5.91. The summed E-state index contributed by atoms with van der Waals surface area (Å²) in [6, 6.07) is 0. The molecule has 0 unspecified atom stereocenters. The van der Waals surface area contributed by atoms with E-state index in [2.05, 4.69) is 0 Å². The summed E-state index contributed by atoms with van der Waals surface area (Å²) < 4.78 is 4.85. The Balaban J connectivity index is 2.29. The molecule has 3 heteroatoms. The minimum atomic E-state index is -0.189. The van der Waals surface area contributed by atoms with Gasteiger partial charge in [0.25, 0.3) is 0 Å². The molecule has 0 aliphatic carbocycles. The molecule has 72 valence electrons. The molecule has 1 aliphatic heterocycles. The average molecular weight is 182 g/mol. The van der Waals surface area contributed by atoms with Crippen LogP contribution in [0.5, 0.6) is 0 Å². The standard InChI is InChI=1S/C10H14O3/c1-8-9(7-13-10(8)12)5-3-2-4-6-11/h6H,2-5,7H2,1H3. The number of hydrogen-bond donors (Lipinski definition) is 0. The van der Waals surface area contributed by atoms with Crippen molar-refractivity contribution < 1.29 is 14.3 Å². The summed E-state index contributed by atoms with van der Waals surface area (Å²) in [4.78, 5) is 21.0. The van der Waals surface area contributed by atoms with Gasteiger partial charge < -0.3 is 9.53 Å². The summed E-state index contributed by atoms with van der Waals surface area (Å²) in [5, 5.41) is 0. The molecule has 0 aromatic carbocycles. The third-order valence-electron chi connectivity index (χ3n) is 2.26. The lowest BCUT2D eigenvalue weighted by atomic mass is 10.1. The van der Waals surface area contributed by atoms with Crippen molar-refractivity contribution in [2.45, 2.75) is 32.6 Å². The van der Waals surface area contributed by atoms with Crippen LogP contribution in [-0.4, -0.2) is 18.9 Å². The number of aldehydes is 1. The molecule has 0 radical (unpaired) electrons. The zero-order chi connectivity index (χ0) is 9.68. The van der Waals surface area contributed by atoms with Crippen LogP contribution in [-0.2, 0) is 14.3 Å². The maximum Gasteiger partial charge on any atom is 0.334 e. The first-order valence-electron chi connectivity index (χ1n) is 4.55. The van der Waals surface area contributed by atoms with Crippen LogP contribution in [0.4, 0.5) is 0 Å². The highest BCUT2D eigenvalue weighted by Crippen LogP contribution is 2.20. The molecule has 3 nitrogen and oxygen atoms in total. The molecule has 0 atom stereocenters. The summed E-state index contributed by atoms with van der Waals surface area (Å²) in [7, 11) is 0. The van der Waals surface area contributed by atoms with E-state index in [1.165, 1.54) is 0 Å². The molecular formula is C10H14O3. The first-order chi connectivity index (χ1) is 6.25. The van der Waals surface area contributed by atoms with Crippen LogP contribution in [0.25, 0.3) is 0 Å². The molecule has 0 N–H and O–H groups in total. The molecule has 0 amide bonds. The molecule has 0 saturated carbocycles. The Bertz CT molecular complexity index is 241. The van der Waals surface area contributed by atoms with Crippen molar-refractivity contribution in [3.63, 3.8) is 0 Å². The van der Waals surface area contributed by atoms with Crippen molar-refractivity contribution in [3.8, 4) is 0 Å². The van der Waals surface area contributed by atoms with Crippen LogP contribution in [0, 0.1) is 0 Å². The van der Waals surface area contributed by atoms with Gasteiger partial charge in [0, 0.05) is 12.0 Å². The van der Waals surface area contributed by atoms with Crippen molar-refractivity contribution in [1.29, 1.82) is 0 Å². The summed E-state index contributed by atoms with van der Waals surface area (Å²) in [6.07, 6.45) is 4.28. The number of cyclic esters (lactones) is 1. The fourth-order valence-electron chi connectivity index (χ4n) is 1.34. The Hall–Kier alpha value is -1.12. The average Bonchev–Trinajstić information content (AvgIpc) is 2.43. The number of hydrogen-bond acceptors (Lipinski definition) is 3. The van der Waals surface area contributed by atoms with Gasteiger partial charge in [0.15, 0.2) is 0 Å². The van der Waals surface area contributed by atoms with Crippen LogP contribution >= 0.6 is 0 Å². The second-order valence-corrected chi connectivity index (χ2v) is 3.22. The minimum Gasteiger partial charge on any atom is -0.458 e. The molecular weight excluding hydrogens is 168 g/mol. The van der Waals surface area contributed by atoms with Crippen molar-refractivity contribution in [1.82, 2.24) is 0 Å². The van der Waals surface area contributed by atoms with Crippen LogP contribution in [0.1, 0.15) is 32.6 Å². The van der Waals surface area contributed by atoms with Crippen molar-refractivity contribution >= 4 is 12.3 Å². The van der Waals surface area contributed by atoms with Gasteiger partial charge in [-0.15, -0.1) is 0 Å². The van der Waals surface area contributed by atoms with Crippen LogP contribution < -0.4 is 0 Å². The number of carbonyl (C=O) groups is 2. The number of unbranched alkanes of at least 4 members (excludes halogenated alkanes) is 2. The van der Waals surface area contributed by atoms with Gasteiger partial charge in [-0.2, -0.15) is 0 Å². The maximum atomic E-state index is 10.9. The molecule has 0 fully saturated rings. The van der Waals surface area contributed by atoms with Crippen LogP contribution in [0.15, 0.2) is 11.1 Å². The number of rotatable bonds is 5. The second kappa shape index (κ2) is 4.80. The Labute approximate surface area is 77.8 Å². The highest BCUT2D eigenvalue weighted by Gasteiger charge is 2.19. The van der Waals surface area contributed by atoms with Gasteiger partial charge in [-0.3, -0.25) is 0 Å². The largest absolute Gasteiger partial charge is 0.458 e. The van der Waals surface area contributed by atoms with Crippen LogP contribution in [0.2, 0.25) is 0 Å². The lowest BCUT2D eigenvalue weighted by molar-refractivity contribution is -0.135. The fraction of sp³-hybridized carbons (Fsp3) is 0.600. The smallest absolute Gasteiger partial charge is 0.334 e. The molecule has 0 bridgehead atoms. The van der Waals surface area contributed by atoms with Gasteiger partial charge in [0.1, 0.15) is 12.9 Å². The van der Waals surface area contributed by atoms with Crippen molar-refractivity contribution in [3.05, 3.63) is 11.1 Å². The fourth-order valence-corrected chi connectivity index (χ4v) is 1.34. The summed E-state index contributed by atoms with van der Waals surface area (Å²) >= 11 is 0. The maximum absolute atomic E-state index is 10.9. The van der Waals surface area contributed by atoms with Gasteiger partial charge in [0.2, 0.25) is 0 Å². The molecule has 13 heavy (non-hydrogen) atoms. The monoisotopic (exact) mass is 182 g/mol. The third kappa shape index (κ3) is 2.68. The molecule has 1 heterocycles. The Morgan fingerprint density at radius 3 is 2.77 bits per heavy atom. The lowest BCUT2D eigenvalue weighted by Gasteiger charge is -1.98. The summed E-state index contributed by atoms with van der Waals surface area (Å²) in [6.45, 7) is 2.25. The molecule has 0 aromatic rings. The highest BCUT2D eigenvalue weighted by atomic mass is 16.5. The van der Waals surface area contributed by atoms with Gasteiger partial charge in [0.05, 0.1) is 0 Å². The van der Waals surface area contributed by atoms with E-state index in [9.17, 15) is 9.59 Å². The molecule has 1 rings (SSSR count). The van der Waals surface area contributed by atoms with E-state index in [1.807, 2.05) is 0 Å². The summed E-state index contributed by atoms with van der Waals surface area (Å²) in [5.41, 5.74) is 1.85. The number of carbonyl (C=O) groups excluding carboxylic acids is 2. The molecule has 0 aromatic heterocycles. The van der Waals surface area contributed by atoms with Gasteiger partial charge in [-0.25, -0.2) is 4.79 Å². The van der Waals surface area contributed by atoms with Gasteiger partial charge in [-0.1, -0.05) is 0 Å². The van der Waals surface area contributed by atoms with E-state index in [-0.39, 0.29) is 5.97 Å². The minimum absolute atomic E-state index is 0.189. The number of esters is 1. The van der Waals surface area contributed by atoms with Crippen molar-refractivity contribution in [2.75, 3.05) is 6.61 Å². The molecule has 0 saturated heterocycles. The van der Waals surface area contributed by atoms with Gasteiger partial charge >= 0.3 is 5.97 Å². The van der Waals surface area contributed by atoms with E-state index in [4.69, 9.17) is 4.74 Å². The molecule has 0 spiro atoms. The predicted octanol–water partition coefficient (Wildman–Crippen LogP) is 1.62. The quantitative estimate of drug-likeness (QED) is 0.368. The topological polar surface area (TPSA) is 43.4 Å². The van der Waals surface area contributed by atoms with Crippen LogP contribution in [0.3, 0.4) is 0 Å². The van der Waals surface area contributed by atoms with E-state index in [0.717, 1.165) is 36.7 Å². The SMILES string of the molecule is CC1=C(CCCCC=O)COC1=O. The van der Waals surface area contributed by atoms with E-state index < -0.39 is 0 Å². The first-order valence-corrected chi connectivity index (χ1v) is 4.55. The van der Waals surface area contributed by atoms with Crippen molar-refractivity contribution in [2.24, 2.45) is 0 Å². The van der Waals surface area contributed by atoms with E-state index in [0.29, 0.717) is 13.0 Å². The lowest BCUT2D eigenvalue weighted by Crippen LogP contribution is -1.94. The van der Waals surface area contributed by atoms with Gasteiger partial charge in [-0.05, 0) is 31.8 Å².